The van der Waals surface area contributed by atoms with Gasteiger partial charge in [-0.25, -0.2) is 0 Å². The highest BCUT2D eigenvalue weighted by atomic mass is 16.2. The highest BCUT2D eigenvalue weighted by Gasteiger charge is 2.19. The zero-order valence-electron chi connectivity index (χ0n) is 14.2. The van der Waals surface area contributed by atoms with Crippen molar-refractivity contribution < 1.29 is 4.79 Å². The topological polar surface area (TPSA) is 65.5 Å². The van der Waals surface area contributed by atoms with E-state index in [1.807, 2.05) is 0 Å². The van der Waals surface area contributed by atoms with E-state index in [0.717, 1.165) is 24.7 Å². The zero-order chi connectivity index (χ0) is 15.8. The summed E-state index contributed by atoms with van der Waals surface area (Å²) in [6.07, 6.45) is 11.0. The van der Waals surface area contributed by atoms with E-state index in [1.165, 1.54) is 44.9 Å². The summed E-state index contributed by atoms with van der Waals surface area (Å²) >= 11 is 0. The van der Waals surface area contributed by atoms with Crippen molar-refractivity contribution in [3.05, 3.63) is 0 Å². The number of carbonyl (C=O) groups is 1. The first-order chi connectivity index (χ1) is 10.7. The number of rotatable bonds is 4. The number of amides is 1. The molecule has 2 fully saturated rings. The third-order valence-corrected chi connectivity index (χ3v) is 4.97. The Balaban J connectivity index is 1.66. The molecule has 0 bridgehead atoms. The minimum atomic E-state index is 0.0760. The van der Waals surface area contributed by atoms with Gasteiger partial charge < -0.3 is 16.0 Å². The van der Waals surface area contributed by atoms with Gasteiger partial charge in [-0.2, -0.15) is 0 Å². The van der Waals surface area contributed by atoms with Crippen LogP contribution in [0.4, 0.5) is 0 Å². The Bertz CT molecular complexity index is 369. The van der Waals surface area contributed by atoms with Gasteiger partial charge in [-0.15, -0.1) is 0 Å². The maximum atomic E-state index is 12.0. The van der Waals surface area contributed by atoms with E-state index in [1.54, 1.807) is 7.05 Å². The molecule has 0 aromatic rings. The summed E-state index contributed by atoms with van der Waals surface area (Å²) in [6.45, 7) is 2.62. The molecule has 22 heavy (non-hydrogen) atoms. The van der Waals surface area contributed by atoms with Crippen LogP contribution >= 0.6 is 0 Å². The van der Waals surface area contributed by atoms with Gasteiger partial charge in [-0.1, -0.05) is 26.2 Å². The Labute approximate surface area is 134 Å². The second-order valence-electron chi connectivity index (χ2n) is 6.93. The first-order valence-corrected chi connectivity index (χ1v) is 8.94. The van der Waals surface area contributed by atoms with E-state index < -0.39 is 0 Å². The van der Waals surface area contributed by atoms with Crippen molar-refractivity contribution in [3.63, 3.8) is 0 Å². The van der Waals surface area contributed by atoms with Gasteiger partial charge in [-0.3, -0.25) is 9.79 Å². The minimum Gasteiger partial charge on any atom is -0.354 e. The van der Waals surface area contributed by atoms with E-state index >= 15 is 0 Å². The van der Waals surface area contributed by atoms with Crippen molar-refractivity contribution in [2.75, 3.05) is 13.6 Å². The molecule has 0 atom stereocenters. The fraction of sp³-hybridized carbons (Fsp3) is 0.882. The summed E-state index contributed by atoms with van der Waals surface area (Å²) in [5.74, 6) is 1.67. The monoisotopic (exact) mass is 308 g/mol. The van der Waals surface area contributed by atoms with E-state index in [9.17, 15) is 4.79 Å². The third-order valence-electron chi connectivity index (χ3n) is 4.97. The molecule has 0 saturated heterocycles. The Kier molecular flexibility index (Phi) is 7.00. The van der Waals surface area contributed by atoms with Crippen LogP contribution in [0.15, 0.2) is 4.99 Å². The van der Waals surface area contributed by atoms with Gasteiger partial charge in [0.25, 0.3) is 0 Å². The number of nitrogens with one attached hydrogen (secondary N) is 3. The van der Waals surface area contributed by atoms with Crippen molar-refractivity contribution in [2.45, 2.75) is 76.8 Å². The second-order valence-corrected chi connectivity index (χ2v) is 6.93. The smallest absolute Gasteiger partial charge is 0.239 e. The van der Waals surface area contributed by atoms with Gasteiger partial charge in [0.1, 0.15) is 0 Å². The third kappa shape index (κ3) is 5.85. The molecule has 2 saturated carbocycles. The molecule has 0 aromatic carbocycles. The van der Waals surface area contributed by atoms with Crippen molar-refractivity contribution in [2.24, 2.45) is 10.9 Å². The molecule has 0 aliphatic heterocycles. The largest absolute Gasteiger partial charge is 0.354 e. The normalized spacial score (nSPS) is 27.3. The first-order valence-electron chi connectivity index (χ1n) is 8.94. The van der Waals surface area contributed by atoms with Crippen molar-refractivity contribution in [1.82, 2.24) is 16.0 Å². The molecule has 126 valence electrons. The number of hydrogen-bond acceptors (Lipinski definition) is 2. The number of guanidine groups is 1. The lowest BCUT2D eigenvalue weighted by Crippen LogP contribution is -2.49. The summed E-state index contributed by atoms with van der Waals surface area (Å²) in [5, 5.41) is 9.71. The van der Waals surface area contributed by atoms with E-state index in [-0.39, 0.29) is 5.91 Å². The Morgan fingerprint density at radius 3 is 2.23 bits per heavy atom. The summed E-state index contributed by atoms with van der Waals surface area (Å²) in [7, 11) is 1.76. The van der Waals surface area contributed by atoms with Crippen LogP contribution in [0.1, 0.15) is 64.7 Å². The van der Waals surface area contributed by atoms with Gasteiger partial charge in [0.15, 0.2) is 5.96 Å². The highest BCUT2D eigenvalue weighted by molar-refractivity contribution is 5.86. The van der Waals surface area contributed by atoms with E-state index in [4.69, 9.17) is 0 Å². The Morgan fingerprint density at radius 2 is 1.59 bits per heavy atom. The van der Waals surface area contributed by atoms with Crippen molar-refractivity contribution in [3.8, 4) is 0 Å². The zero-order valence-corrected chi connectivity index (χ0v) is 14.2. The van der Waals surface area contributed by atoms with Gasteiger partial charge in [0.05, 0.1) is 6.54 Å². The number of hydrogen-bond donors (Lipinski definition) is 3. The van der Waals surface area contributed by atoms with E-state index in [2.05, 4.69) is 27.9 Å². The molecule has 5 heteroatoms. The van der Waals surface area contributed by atoms with Gasteiger partial charge in [-0.05, 0) is 44.4 Å². The standard InChI is InChI=1S/C17H32N4O/c1-13-8-10-15(11-9-13)21-17(18-2)19-12-16(22)20-14-6-4-3-5-7-14/h13-15H,3-12H2,1-2H3,(H,20,22)(H2,18,19,21). The van der Waals surface area contributed by atoms with Crippen LogP contribution in [0.2, 0.25) is 0 Å². The first kappa shape index (κ1) is 17.1. The molecule has 0 radical (unpaired) electrons. The van der Waals surface area contributed by atoms with Crippen molar-refractivity contribution >= 4 is 11.9 Å². The van der Waals surface area contributed by atoms with E-state index in [0.29, 0.717) is 18.6 Å². The van der Waals surface area contributed by atoms with Gasteiger partial charge >= 0.3 is 0 Å². The Hall–Kier alpha value is -1.26. The highest BCUT2D eigenvalue weighted by Crippen LogP contribution is 2.23. The molecular formula is C17H32N4O. The lowest BCUT2D eigenvalue weighted by Gasteiger charge is -2.28. The second kappa shape index (κ2) is 9.01. The van der Waals surface area contributed by atoms with Crippen LogP contribution in [0.25, 0.3) is 0 Å². The van der Waals surface area contributed by atoms with Gasteiger partial charge in [0, 0.05) is 19.1 Å². The molecule has 0 heterocycles. The quantitative estimate of drug-likeness (QED) is 0.551. The van der Waals surface area contributed by atoms with Crippen LogP contribution in [0.3, 0.4) is 0 Å². The number of nitrogens with zero attached hydrogens (tertiary/aromatic N) is 1. The van der Waals surface area contributed by atoms with Crippen LogP contribution in [0, 0.1) is 5.92 Å². The molecule has 0 aromatic heterocycles. The molecule has 2 aliphatic carbocycles. The fourth-order valence-corrected chi connectivity index (χ4v) is 3.48. The molecular weight excluding hydrogens is 276 g/mol. The SMILES string of the molecule is CN=C(NCC(=O)NC1CCCCC1)NC1CCC(C)CC1. The predicted molar refractivity (Wildman–Crippen MR) is 90.9 cm³/mol. The maximum absolute atomic E-state index is 12.0. The summed E-state index contributed by atoms with van der Waals surface area (Å²) in [5.41, 5.74) is 0. The predicted octanol–water partition coefficient (Wildman–Crippen LogP) is 2.18. The van der Waals surface area contributed by atoms with Crippen molar-refractivity contribution in [1.29, 1.82) is 0 Å². The molecule has 2 rings (SSSR count). The summed E-state index contributed by atoms with van der Waals surface area (Å²) in [4.78, 5) is 16.2. The lowest BCUT2D eigenvalue weighted by atomic mass is 9.87. The summed E-state index contributed by atoms with van der Waals surface area (Å²) in [6, 6.07) is 0.863. The fourth-order valence-electron chi connectivity index (χ4n) is 3.48. The summed E-state index contributed by atoms with van der Waals surface area (Å²) < 4.78 is 0. The average molecular weight is 308 g/mol. The minimum absolute atomic E-state index is 0.0760. The van der Waals surface area contributed by atoms with Crippen LogP contribution in [0.5, 0.6) is 0 Å². The van der Waals surface area contributed by atoms with Gasteiger partial charge in [0.2, 0.25) is 5.91 Å². The van der Waals surface area contributed by atoms with Crippen LogP contribution in [-0.2, 0) is 4.79 Å². The maximum Gasteiger partial charge on any atom is 0.239 e. The number of aliphatic imine (C=N–C) groups is 1. The molecule has 3 N–H and O–H groups in total. The number of carbonyl (C=O) groups excluding carboxylic acids is 1. The van der Waals surface area contributed by atoms with Crippen LogP contribution < -0.4 is 16.0 Å². The molecule has 0 unspecified atom stereocenters. The molecule has 5 nitrogen and oxygen atoms in total. The average Bonchev–Trinajstić information content (AvgIpc) is 2.54. The lowest BCUT2D eigenvalue weighted by molar-refractivity contribution is -0.120. The molecule has 1 amide bonds. The Morgan fingerprint density at radius 1 is 0.955 bits per heavy atom. The molecule has 2 aliphatic rings. The van der Waals surface area contributed by atoms with Crippen LogP contribution in [-0.4, -0.2) is 37.5 Å². The molecule has 0 spiro atoms.